The quantitative estimate of drug-likeness (QED) is 0.599. The van der Waals surface area contributed by atoms with E-state index in [0.29, 0.717) is 6.54 Å². The first-order valence-electron chi connectivity index (χ1n) is 9.97. The van der Waals surface area contributed by atoms with Crippen molar-refractivity contribution in [2.75, 3.05) is 38.6 Å². The molecule has 1 aliphatic rings. The summed E-state index contributed by atoms with van der Waals surface area (Å²) in [6.45, 7) is 10.7. The molecule has 1 saturated heterocycles. The van der Waals surface area contributed by atoms with Crippen molar-refractivity contribution in [2.45, 2.75) is 52.3 Å². The molecule has 28 heavy (non-hydrogen) atoms. The number of nitrogens with zero attached hydrogens (tertiary/aromatic N) is 3. The van der Waals surface area contributed by atoms with E-state index in [2.05, 4.69) is 51.6 Å². The Morgan fingerprint density at radius 2 is 1.96 bits per heavy atom. The van der Waals surface area contributed by atoms with Crippen molar-refractivity contribution in [3.05, 3.63) is 29.8 Å². The van der Waals surface area contributed by atoms with E-state index >= 15 is 0 Å². The van der Waals surface area contributed by atoms with Crippen LogP contribution in [0.4, 0.5) is 10.5 Å². The Morgan fingerprint density at radius 1 is 1.29 bits per heavy atom. The van der Waals surface area contributed by atoms with E-state index < -0.39 is 5.60 Å². The molecule has 7 heteroatoms. The van der Waals surface area contributed by atoms with E-state index in [4.69, 9.17) is 9.73 Å². The van der Waals surface area contributed by atoms with Gasteiger partial charge in [0.15, 0.2) is 5.96 Å². The van der Waals surface area contributed by atoms with Gasteiger partial charge in [0.25, 0.3) is 0 Å². The zero-order valence-corrected chi connectivity index (χ0v) is 18.1. The molecule has 1 atom stereocenters. The molecule has 0 bridgehead atoms. The zero-order valence-electron chi connectivity index (χ0n) is 18.1. The average molecular weight is 390 g/mol. The standard InChI is InChI=1S/C21H35N5O2/c1-7-22-19(23-14-16-8-10-18(11-9-16)25(5)6)26-13-12-17(15-26)24-20(27)28-21(2,3)4/h8-11,17H,7,12-15H2,1-6H3,(H,22,23)(H,24,27). The van der Waals surface area contributed by atoms with Crippen LogP contribution in [0.2, 0.25) is 0 Å². The van der Waals surface area contributed by atoms with E-state index in [-0.39, 0.29) is 12.1 Å². The topological polar surface area (TPSA) is 69.2 Å². The number of hydrogen-bond acceptors (Lipinski definition) is 4. The highest BCUT2D eigenvalue weighted by Crippen LogP contribution is 2.15. The predicted octanol–water partition coefficient (Wildman–Crippen LogP) is 2.82. The number of carbonyl (C=O) groups excluding carboxylic acids is 1. The molecule has 156 valence electrons. The fourth-order valence-corrected chi connectivity index (χ4v) is 3.04. The van der Waals surface area contributed by atoms with Gasteiger partial charge >= 0.3 is 6.09 Å². The summed E-state index contributed by atoms with van der Waals surface area (Å²) in [7, 11) is 4.07. The Labute approximate surface area is 169 Å². The SMILES string of the molecule is CCNC(=NCc1ccc(N(C)C)cc1)N1CCC(NC(=O)OC(C)(C)C)C1. The number of benzene rings is 1. The van der Waals surface area contributed by atoms with Crippen molar-refractivity contribution in [3.8, 4) is 0 Å². The van der Waals surface area contributed by atoms with Crippen molar-refractivity contribution in [1.82, 2.24) is 15.5 Å². The van der Waals surface area contributed by atoms with Gasteiger partial charge in [-0.1, -0.05) is 12.1 Å². The largest absolute Gasteiger partial charge is 0.444 e. The van der Waals surface area contributed by atoms with Gasteiger partial charge < -0.3 is 25.2 Å². The first-order valence-corrected chi connectivity index (χ1v) is 9.97. The lowest BCUT2D eigenvalue weighted by Gasteiger charge is -2.23. The van der Waals surface area contributed by atoms with Crippen LogP contribution in [0.1, 0.15) is 39.7 Å². The van der Waals surface area contributed by atoms with Gasteiger partial charge in [0.2, 0.25) is 0 Å². The summed E-state index contributed by atoms with van der Waals surface area (Å²) in [5.41, 5.74) is 1.86. The number of hydrogen-bond donors (Lipinski definition) is 2. The number of carbonyl (C=O) groups is 1. The zero-order chi connectivity index (χ0) is 20.7. The molecule has 1 heterocycles. The van der Waals surface area contributed by atoms with E-state index in [1.165, 1.54) is 11.3 Å². The third-order valence-corrected chi connectivity index (χ3v) is 4.41. The molecule has 1 aliphatic heterocycles. The lowest BCUT2D eigenvalue weighted by molar-refractivity contribution is 0.0507. The Morgan fingerprint density at radius 3 is 2.54 bits per heavy atom. The van der Waals surface area contributed by atoms with Crippen molar-refractivity contribution < 1.29 is 9.53 Å². The maximum atomic E-state index is 12.0. The second kappa shape index (κ2) is 9.66. The average Bonchev–Trinajstić information content (AvgIpc) is 3.05. The summed E-state index contributed by atoms with van der Waals surface area (Å²) in [4.78, 5) is 21.1. The molecule has 2 rings (SSSR count). The van der Waals surface area contributed by atoms with Gasteiger partial charge in [-0.3, -0.25) is 0 Å². The summed E-state index contributed by atoms with van der Waals surface area (Å²) in [5, 5.41) is 6.32. The summed E-state index contributed by atoms with van der Waals surface area (Å²) in [6, 6.07) is 8.50. The molecular weight excluding hydrogens is 354 g/mol. The monoisotopic (exact) mass is 389 g/mol. The Balaban J connectivity index is 1.94. The van der Waals surface area contributed by atoms with Crippen LogP contribution < -0.4 is 15.5 Å². The first-order chi connectivity index (χ1) is 13.2. The number of aliphatic imine (C=N–C) groups is 1. The number of guanidine groups is 1. The molecule has 1 amide bonds. The van der Waals surface area contributed by atoms with Crippen LogP contribution in [0.25, 0.3) is 0 Å². The molecule has 0 radical (unpaired) electrons. The summed E-state index contributed by atoms with van der Waals surface area (Å²) < 4.78 is 5.36. The maximum Gasteiger partial charge on any atom is 0.407 e. The van der Waals surface area contributed by atoms with Crippen LogP contribution in [0, 0.1) is 0 Å². The molecule has 1 aromatic carbocycles. The van der Waals surface area contributed by atoms with Crippen molar-refractivity contribution in [3.63, 3.8) is 0 Å². The number of amides is 1. The van der Waals surface area contributed by atoms with E-state index in [1.807, 2.05) is 34.9 Å². The molecular formula is C21H35N5O2. The molecule has 2 N–H and O–H groups in total. The molecule has 1 unspecified atom stereocenters. The van der Waals surface area contributed by atoms with E-state index in [9.17, 15) is 4.79 Å². The number of ether oxygens (including phenoxy) is 1. The normalized spacial score (nSPS) is 17.4. The van der Waals surface area contributed by atoms with Crippen molar-refractivity contribution in [2.24, 2.45) is 4.99 Å². The van der Waals surface area contributed by atoms with E-state index in [1.54, 1.807) is 0 Å². The van der Waals surface area contributed by atoms with Crippen LogP contribution in [-0.2, 0) is 11.3 Å². The molecule has 1 fully saturated rings. The Kier molecular flexibility index (Phi) is 7.54. The Bertz CT molecular complexity index is 664. The van der Waals surface area contributed by atoms with Gasteiger partial charge in [0, 0.05) is 39.4 Å². The van der Waals surface area contributed by atoms with Gasteiger partial charge in [0.05, 0.1) is 12.6 Å². The highest BCUT2D eigenvalue weighted by Gasteiger charge is 2.27. The third-order valence-electron chi connectivity index (χ3n) is 4.41. The van der Waals surface area contributed by atoms with Crippen LogP contribution in [0.3, 0.4) is 0 Å². The predicted molar refractivity (Wildman–Crippen MR) is 115 cm³/mol. The van der Waals surface area contributed by atoms with Gasteiger partial charge in [-0.2, -0.15) is 0 Å². The lowest BCUT2D eigenvalue weighted by atomic mass is 10.2. The molecule has 0 saturated carbocycles. The fourth-order valence-electron chi connectivity index (χ4n) is 3.04. The highest BCUT2D eigenvalue weighted by atomic mass is 16.6. The minimum absolute atomic E-state index is 0.0677. The summed E-state index contributed by atoms with van der Waals surface area (Å²) in [5.74, 6) is 0.882. The third kappa shape index (κ3) is 6.94. The van der Waals surface area contributed by atoms with Crippen molar-refractivity contribution in [1.29, 1.82) is 0 Å². The minimum Gasteiger partial charge on any atom is -0.444 e. The maximum absolute atomic E-state index is 12.0. The smallest absolute Gasteiger partial charge is 0.407 e. The molecule has 0 aromatic heterocycles. The van der Waals surface area contributed by atoms with Gasteiger partial charge in [-0.25, -0.2) is 9.79 Å². The Hall–Kier alpha value is -2.44. The van der Waals surface area contributed by atoms with Crippen LogP contribution in [0.5, 0.6) is 0 Å². The number of rotatable bonds is 5. The lowest BCUT2D eigenvalue weighted by Crippen LogP contribution is -2.44. The fraction of sp³-hybridized carbons (Fsp3) is 0.619. The first kappa shape index (κ1) is 21.9. The van der Waals surface area contributed by atoms with Crippen LogP contribution in [0.15, 0.2) is 29.3 Å². The molecule has 7 nitrogen and oxygen atoms in total. The van der Waals surface area contributed by atoms with Crippen molar-refractivity contribution >= 4 is 17.7 Å². The number of alkyl carbamates (subject to hydrolysis) is 1. The van der Waals surface area contributed by atoms with Gasteiger partial charge in [-0.15, -0.1) is 0 Å². The number of likely N-dealkylation sites (tertiary alicyclic amines) is 1. The second-order valence-electron chi connectivity index (χ2n) is 8.31. The molecule has 0 aliphatic carbocycles. The summed E-state index contributed by atoms with van der Waals surface area (Å²) in [6.07, 6.45) is 0.517. The minimum atomic E-state index is -0.485. The van der Waals surface area contributed by atoms with Crippen LogP contribution >= 0.6 is 0 Å². The van der Waals surface area contributed by atoms with Crippen LogP contribution in [-0.4, -0.2) is 62.3 Å². The van der Waals surface area contributed by atoms with Gasteiger partial charge in [0.1, 0.15) is 5.60 Å². The summed E-state index contributed by atoms with van der Waals surface area (Å²) >= 11 is 0. The highest BCUT2D eigenvalue weighted by molar-refractivity contribution is 5.80. The number of nitrogens with one attached hydrogen (secondary N) is 2. The number of anilines is 1. The molecule has 0 spiro atoms. The second-order valence-corrected chi connectivity index (χ2v) is 8.31. The van der Waals surface area contributed by atoms with Gasteiger partial charge in [-0.05, 0) is 51.8 Å². The van der Waals surface area contributed by atoms with E-state index in [0.717, 1.165) is 32.0 Å². The molecule has 1 aromatic rings.